The number of hydrogen-bond donors (Lipinski definition) is 2. The smallest absolute Gasteiger partial charge is 0.394 e. The van der Waals surface area contributed by atoms with E-state index in [4.69, 9.17) is 4.74 Å². The molecular weight excluding hydrogens is 267 g/mol. The first kappa shape index (κ1) is 13.8. The fourth-order valence-corrected chi connectivity index (χ4v) is 2.00. The van der Waals surface area contributed by atoms with Gasteiger partial charge in [-0.25, -0.2) is 5.10 Å². The maximum Gasteiger partial charge on any atom is 0.423 e. The Hall–Kier alpha value is -1.61. The molecule has 1 aliphatic rings. The number of aromatic amines is 1. The van der Waals surface area contributed by atoms with Crippen LogP contribution < -0.4 is 10.5 Å². The standard InChI is InChI=1S/C10H12F3N3O3/c11-10(12,13)8-7(3-14-15-9(8)18)16-1-2-19-5-6(16)4-17/h3,6,17H,1-2,4-5H2,(H,15,18)/t6-/m1/s1. The zero-order valence-corrected chi connectivity index (χ0v) is 9.78. The number of ether oxygens (including phenoxy) is 1. The molecule has 2 N–H and O–H groups in total. The van der Waals surface area contributed by atoms with Gasteiger partial charge in [0.05, 0.1) is 37.7 Å². The third-order valence-corrected chi connectivity index (χ3v) is 2.87. The van der Waals surface area contributed by atoms with Crippen molar-refractivity contribution < 1.29 is 23.0 Å². The van der Waals surface area contributed by atoms with E-state index in [0.29, 0.717) is 0 Å². The van der Waals surface area contributed by atoms with E-state index in [2.05, 4.69) is 5.10 Å². The lowest BCUT2D eigenvalue weighted by atomic mass is 10.1. The van der Waals surface area contributed by atoms with Gasteiger partial charge in [0.2, 0.25) is 0 Å². The van der Waals surface area contributed by atoms with Crippen molar-refractivity contribution in [2.24, 2.45) is 0 Å². The van der Waals surface area contributed by atoms with Crippen LogP contribution in [-0.2, 0) is 10.9 Å². The van der Waals surface area contributed by atoms with E-state index >= 15 is 0 Å². The van der Waals surface area contributed by atoms with E-state index < -0.39 is 23.3 Å². The van der Waals surface area contributed by atoms with Crippen molar-refractivity contribution in [3.63, 3.8) is 0 Å². The summed E-state index contributed by atoms with van der Waals surface area (Å²) in [5.41, 5.74) is -2.94. The molecule has 6 nitrogen and oxygen atoms in total. The van der Waals surface area contributed by atoms with Crippen LogP contribution in [0, 0.1) is 0 Å². The van der Waals surface area contributed by atoms with E-state index in [9.17, 15) is 23.1 Å². The van der Waals surface area contributed by atoms with Crippen LogP contribution in [0.1, 0.15) is 5.56 Å². The molecule has 1 atom stereocenters. The monoisotopic (exact) mass is 279 g/mol. The molecule has 19 heavy (non-hydrogen) atoms. The average molecular weight is 279 g/mol. The molecule has 2 rings (SSSR count). The fourth-order valence-electron chi connectivity index (χ4n) is 2.00. The third-order valence-electron chi connectivity index (χ3n) is 2.87. The summed E-state index contributed by atoms with van der Waals surface area (Å²) >= 11 is 0. The molecule has 0 radical (unpaired) electrons. The average Bonchev–Trinajstić information content (AvgIpc) is 2.37. The van der Waals surface area contributed by atoms with Crippen LogP contribution in [0.15, 0.2) is 11.0 Å². The van der Waals surface area contributed by atoms with Gasteiger partial charge in [-0.2, -0.15) is 18.3 Å². The lowest BCUT2D eigenvalue weighted by molar-refractivity contribution is -0.138. The normalized spacial score (nSPS) is 20.6. The van der Waals surface area contributed by atoms with Gasteiger partial charge in [0.25, 0.3) is 5.56 Å². The van der Waals surface area contributed by atoms with Gasteiger partial charge in [-0.05, 0) is 0 Å². The topological polar surface area (TPSA) is 78.5 Å². The van der Waals surface area contributed by atoms with Gasteiger partial charge in [0.1, 0.15) is 5.56 Å². The van der Waals surface area contributed by atoms with Crippen LogP contribution in [0.25, 0.3) is 0 Å². The zero-order valence-electron chi connectivity index (χ0n) is 9.78. The van der Waals surface area contributed by atoms with E-state index in [1.807, 2.05) is 0 Å². The number of morpholine rings is 1. The van der Waals surface area contributed by atoms with E-state index in [1.54, 1.807) is 5.10 Å². The highest BCUT2D eigenvalue weighted by atomic mass is 19.4. The SMILES string of the molecule is O=c1[nH]ncc(N2CCOC[C@H]2CO)c1C(F)(F)F. The molecule has 0 aromatic carbocycles. The second-order valence-corrected chi connectivity index (χ2v) is 4.06. The van der Waals surface area contributed by atoms with Gasteiger partial charge < -0.3 is 14.7 Å². The predicted molar refractivity (Wildman–Crippen MR) is 58.9 cm³/mol. The number of anilines is 1. The Balaban J connectivity index is 2.49. The summed E-state index contributed by atoms with van der Waals surface area (Å²) in [6.45, 7) is 0.102. The molecule has 0 spiro atoms. The van der Waals surface area contributed by atoms with Crippen molar-refractivity contribution in [3.05, 3.63) is 22.1 Å². The first-order valence-electron chi connectivity index (χ1n) is 5.55. The predicted octanol–water partition coefficient (Wildman–Crippen LogP) is -0.0138. The third kappa shape index (κ3) is 2.71. The van der Waals surface area contributed by atoms with Crippen LogP contribution >= 0.6 is 0 Å². The fraction of sp³-hybridized carbons (Fsp3) is 0.600. The number of hydrogen-bond acceptors (Lipinski definition) is 5. The molecule has 0 unspecified atom stereocenters. The molecule has 0 aliphatic carbocycles. The van der Waals surface area contributed by atoms with Gasteiger partial charge in [-0.1, -0.05) is 0 Å². The Morgan fingerprint density at radius 2 is 2.32 bits per heavy atom. The lowest BCUT2D eigenvalue weighted by Gasteiger charge is -2.36. The molecule has 1 saturated heterocycles. The number of H-pyrrole nitrogens is 1. The molecule has 1 fully saturated rings. The maximum absolute atomic E-state index is 12.9. The number of halogens is 3. The van der Waals surface area contributed by atoms with Gasteiger partial charge in [0, 0.05) is 6.54 Å². The van der Waals surface area contributed by atoms with Crippen molar-refractivity contribution in [2.75, 3.05) is 31.3 Å². The minimum Gasteiger partial charge on any atom is -0.394 e. The summed E-state index contributed by atoms with van der Waals surface area (Å²) in [6.07, 6.45) is -3.84. The summed E-state index contributed by atoms with van der Waals surface area (Å²) < 4.78 is 43.9. The molecule has 0 amide bonds. The number of aliphatic hydroxyl groups is 1. The van der Waals surface area contributed by atoms with Gasteiger partial charge >= 0.3 is 6.18 Å². The van der Waals surface area contributed by atoms with Crippen LogP contribution in [0.4, 0.5) is 18.9 Å². The molecule has 1 aliphatic heterocycles. The largest absolute Gasteiger partial charge is 0.423 e. The Morgan fingerprint density at radius 1 is 1.58 bits per heavy atom. The summed E-state index contributed by atoms with van der Waals surface area (Å²) in [5.74, 6) is 0. The van der Waals surface area contributed by atoms with E-state index in [1.165, 1.54) is 4.90 Å². The molecule has 2 heterocycles. The van der Waals surface area contributed by atoms with Crippen LogP contribution in [0.5, 0.6) is 0 Å². The summed E-state index contributed by atoms with van der Waals surface area (Å²) in [5, 5.41) is 14.3. The van der Waals surface area contributed by atoms with Crippen molar-refractivity contribution in [3.8, 4) is 0 Å². The number of aliphatic hydroxyl groups excluding tert-OH is 1. The highest BCUT2D eigenvalue weighted by molar-refractivity contribution is 5.53. The Labute approximate surface area is 105 Å². The van der Waals surface area contributed by atoms with Crippen molar-refractivity contribution >= 4 is 5.69 Å². The van der Waals surface area contributed by atoms with Crippen molar-refractivity contribution in [1.82, 2.24) is 10.2 Å². The number of rotatable bonds is 2. The Kier molecular flexibility index (Phi) is 3.76. The van der Waals surface area contributed by atoms with Gasteiger partial charge in [-0.15, -0.1) is 0 Å². The number of nitrogens with one attached hydrogen (secondary N) is 1. The van der Waals surface area contributed by atoms with Crippen LogP contribution in [-0.4, -0.2) is 47.7 Å². The minimum absolute atomic E-state index is 0.0978. The maximum atomic E-state index is 12.9. The molecule has 1 aromatic rings. The van der Waals surface area contributed by atoms with Crippen LogP contribution in [0.2, 0.25) is 0 Å². The second-order valence-electron chi connectivity index (χ2n) is 4.06. The molecule has 106 valence electrons. The van der Waals surface area contributed by atoms with Gasteiger partial charge in [-0.3, -0.25) is 4.79 Å². The van der Waals surface area contributed by atoms with E-state index in [-0.39, 0.29) is 32.1 Å². The van der Waals surface area contributed by atoms with Crippen molar-refractivity contribution in [2.45, 2.75) is 12.2 Å². The van der Waals surface area contributed by atoms with E-state index in [0.717, 1.165) is 6.20 Å². The first-order chi connectivity index (χ1) is 8.95. The second kappa shape index (κ2) is 5.17. The summed E-state index contributed by atoms with van der Waals surface area (Å²) in [7, 11) is 0. The number of nitrogens with zero attached hydrogens (tertiary/aromatic N) is 2. The number of aromatic nitrogens is 2. The minimum atomic E-state index is -4.79. The quantitative estimate of drug-likeness (QED) is 0.796. The molecule has 1 aromatic heterocycles. The highest BCUT2D eigenvalue weighted by Gasteiger charge is 2.40. The summed E-state index contributed by atoms with van der Waals surface area (Å²) in [4.78, 5) is 12.7. The molecular formula is C10H12F3N3O3. The van der Waals surface area contributed by atoms with Crippen molar-refractivity contribution in [1.29, 1.82) is 0 Å². The highest BCUT2D eigenvalue weighted by Crippen LogP contribution is 2.34. The molecule has 9 heteroatoms. The summed E-state index contributed by atoms with van der Waals surface area (Å²) in [6, 6.07) is -0.626. The zero-order chi connectivity index (χ0) is 14.0. The molecule has 0 saturated carbocycles. The lowest BCUT2D eigenvalue weighted by Crippen LogP contribution is -2.49. The van der Waals surface area contributed by atoms with Crippen LogP contribution in [0.3, 0.4) is 0 Å². The molecule has 0 bridgehead atoms. The van der Waals surface area contributed by atoms with Gasteiger partial charge in [0.15, 0.2) is 0 Å². The first-order valence-corrected chi connectivity index (χ1v) is 5.55. The Morgan fingerprint density at radius 3 is 2.95 bits per heavy atom. The Bertz CT molecular complexity index is 503. The number of alkyl halides is 3.